The Labute approximate surface area is 202 Å². The van der Waals surface area contributed by atoms with Gasteiger partial charge in [0.25, 0.3) is 0 Å². The third kappa shape index (κ3) is 4.33. The number of fused-ring (bicyclic) bond motifs is 1. The lowest BCUT2D eigenvalue weighted by atomic mass is 9.87. The number of carbonyl (C=O) groups is 1. The number of nitrogens with one attached hydrogen (secondary N) is 1. The van der Waals surface area contributed by atoms with Gasteiger partial charge in [0, 0.05) is 81.3 Å². The first-order chi connectivity index (χ1) is 17.1. The number of aromatic amines is 1. The standard InChI is InChI=1S/C25H29N5O5/c31-24(35-18-15-34-16-18)30-9-7-29(8-10-30)22-3-6-26-23-19(22)13-21(28-23)20-2-1-17(14-27-20)25(32)4-11-33-12-5-25/h1-3,6,13-14,18,32H,4-5,7-12,15-16H2,(H,26,28). The van der Waals surface area contributed by atoms with E-state index in [1.807, 2.05) is 18.2 Å². The monoisotopic (exact) mass is 479 g/mol. The molecule has 0 bridgehead atoms. The minimum atomic E-state index is -0.876. The molecule has 6 rings (SSSR count). The van der Waals surface area contributed by atoms with Gasteiger partial charge in [0.05, 0.1) is 30.2 Å². The van der Waals surface area contributed by atoms with Gasteiger partial charge in [0.15, 0.2) is 6.10 Å². The number of amides is 1. The van der Waals surface area contributed by atoms with E-state index in [0.29, 0.717) is 65.4 Å². The highest BCUT2D eigenvalue weighted by Crippen LogP contribution is 2.34. The van der Waals surface area contributed by atoms with Crippen LogP contribution in [0, 0.1) is 0 Å². The van der Waals surface area contributed by atoms with Crippen molar-refractivity contribution in [3.63, 3.8) is 0 Å². The first-order valence-corrected chi connectivity index (χ1v) is 12.1. The highest BCUT2D eigenvalue weighted by atomic mass is 16.6. The highest BCUT2D eigenvalue weighted by Gasteiger charge is 2.32. The van der Waals surface area contributed by atoms with Crippen LogP contribution < -0.4 is 4.90 Å². The topological polar surface area (TPSA) is 113 Å². The molecule has 0 atom stereocenters. The lowest BCUT2D eigenvalue weighted by Crippen LogP contribution is -2.51. The number of hydrogen-bond acceptors (Lipinski definition) is 8. The summed E-state index contributed by atoms with van der Waals surface area (Å²) in [5.41, 5.74) is 3.47. The van der Waals surface area contributed by atoms with Crippen molar-refractivity contribution in [1.82, 2.24) is 19.9 Å². The average Bonchev–Trinajstić information content (AvgIpc) is 3.31. The van der Waals surface area contributed by atoms with Crippen LogP contribution in [0.25, 0.3) is 22.4 Å². The minimum Gasteiger partial charge on any atom is -0.441 e. The number of carbonyl (C=O) groups excluding carboxylic acids is 1. The third-order valence-electron chi connectivity index (χ3n) is 7.16. The van der Waals surface area contributed by atoms with Crippen LogP contribution in [0.1, 0.15) is 18.4 Å². The summed E-state index contributed by atoms with van der Waals surface area (Å²) in [5.74, 6) is 0. The number of piperazine rings is 1. The predicted octanol–water partition coefficient (Wildman–Crippen LogP) is 2.28. The summed E-state index contributed by atoms with van der Waals surface area (Å²) in [6, 6.07) is 7.96. The van der Waals surface area contributed by atoms with E-state index in [1.165, 1.54) is 0 Å². The summed E-state index contributed by atoms with van der Waals surface area (Å²) < 4.78 is 15.9. The summed E-state index contributed by atoms with van der Waals surface area (Å²) in [4.78, 5) is 28.9. The number of hydrogen-bond donors (Lipinski definition) is 2. The molecule has 10 nitrogen and oxygen atoms in total. The van der Waals surface area contributed by atoms with Gasteiger partial charge in [-0.15, -0.1) is 0 Å². The second kappa shape index (κ2) is 9.10. The predicted molar refractivity (Wildman–Crippen MR) is 128 cm³/mol. The lowest BCUT2D eigenvalue weighted by Gasteiger charge is -2.37. The molecule has 0 aliphatic carbocycles. The van der Waals surface area contributed by atoms with Crippen LogP contribution in [0.4, 0.5) is 10.5 Å². The van der Waals surface area contributed by atoms with Gasteiger partial charge in [-0.1, -0.05) is 6.07 Å². The van der Waals surface area contributed by atoms with E-state index < -0.39 is 5.60 Å². The summed E-state index contributed by atoms with van der Waals surface area (Å²) >= 11 is 0. The molecule has 3 fully saturated rings. The fourth-order valence-electron chi connectivity index (χ4n) is 4.88. The summed E-state index contributed by atoms with van der Waals surface area (Å²) in [6.45, 7) is 4.72. The molecule has 0 unspecified atom stereocenters. The number of aliphatic hydroxyl groups is 1. The molecule has 3 aliphatic rings. The van der Waals surface area contributed by atoms with Crippen LogP contribution in [0.3, 0.4) is 0 Å². The molecule has 0 aromatic carbocycles. The van der Waals surface area contributed by atoms with Gasteiger partial charge >= 0.3 is 6.09 Å². The smallest absolute Gasteiger partial charge is 0.410 e. The van der Waals surface area contributed by atoms with Crippen LogP contribution in [0.5, 0.6) is 0 Å². The average molecular weight is 480 g/mol. The second-order valence-electron chi connectivity index (χ2n) is 9.37. The zero-order valence-corrected chi connectivity index (χ0v) is 19.5. The molecule has 0 radical (unpaired) electrons. The van der Waals surface area contributed by atoms with Crippen LogP contribution in [-0.2, 0) is 19.8 Å². The number of aromatic nitrogens is 3. The lowest BCUT2D eigenvalue weighted by molar-refractivity contribution is -0.104. The zero-order valence-electron chi connectivity index (χ0n) is 19.5. The van der Waals surface area contributed by atoms with Crippen molar-refractivity contribution >= 4 is 22.8 Å². The first-order valence-electron chi connectivity index (χ1n) is 12.1. The minimum absolute atomic E-state index is 0.110. The molecule has 3 aromatic rings. The van der Waals surface area contributed by atoms with E-state index in [1.54, 1.807) is 17.3 Å². The molecule has 3 aromatic heterocycles. The quantitative estimate of drug-likeness (QED) is 0.586. The van der Waals surface area contributed by atoms with Gasteiger partial charge in [-0.25, -0.2) is 9.78 Å². The Morgan fingerprint density at radius 2 is 1.89 bits per heavy atom. The van der Waals surface area contributed by atoms with Gasteiger partial charge in [-0.2, -0.15) is 0 Å². The largest absolute Gasteiger partial charge is 0.441 e. The molecule has 1 amide bonds. The van der Waals surface area contributed by atoms with Crippen molar-refractivity contribution < 1.29 is 24.1 Å². The van der Waals surface area contributed by atoms with Gasteiger partial charge < -0.3 is 34.1 Å². The molecular weight excluding hydrogens is 450 g/mol. The maximum atomic E-state index is 12.3. The zero-order chi connectivity index (χ0) is 23.8. The molecular formula is C25H29N5O5. The maximum absolute atomic E-state index is 12.3. The SMILES string of the molecule is O=C(OC1COC1)N1CCN(c2ccnc3[nH]c(-c4ccc(C5(O)CCOCC5)cn4)cc23)CC1. The third-order valence-corrected chi connectivity index (χ3v) is 7.16. The van der Waals surface area contributed by atoms with E-state index in [2.05, 4.69) is 25.9 Å². The van der Waals surface area contributed by atoms with Crippen molar-refractivity contribution in [3.8, 4) is 11.4 Å². The molecule has 3 saturated heterocycles. The molecule has 6 heterocycles. The van der Waals surface area contributed by atoms with Crippen molar-refractivity contribution in [3.05, 3.63) is 42.2 Å². The second-order valence-corrected chi connectivity index (χ2v) is 9.37. The van der Waals surface area contributed by atoms with E-state index in [0.717, 1.165) is 33.7 Å². The van der Waals surface area contributed by atoms with Crippen molar-refractivity contribution in [2.75, 3.05) is 57.5 Å². The van der Waals surface area contributed by atoms with Crippen LogP contribution in [0.15, 0.2) is 36.7 Å². The van der Waals surface area contributed by atoms with Crippen molar-refractivity contribution in [2.45, 2.75) is 24.5 Å². The molecule has 0 spiro atoms. The molecule has 2 N–H and O–H groups in total. The Balaban J connectivity index is 1.17. The number of anilines is 1. The number of rotatable bonds is 4. The molecule has 35 heavy (non-hydrogen) atoms. The van der Waals surface area contributed by atoms with Gasteiger partial charge in [-0.05, 0) is 18.2 Å². The Hall–Kier alpha value is -3.21. The van der Waals surface area contributed by atoms with Crippen molar-refractivity contribution in [1.29, 1.82) is 0 Å². The number of nitrogens with zero attached hydrogens (tertiary/aromatic N) is 4. The van der Waals surface area contributed by atoms with Crippen molar-refractivity contribution in [2.24, 2.45) is 0 Å². The molecule has 3 aliphatic heterocycles. The number of ether oxygens (including phenoxy) is 3. The van der Waals surface area contributed by atoms with E-state index in [9.17, 15) is 9.90 Å². The van der Waals surface area contributed by atoms with Gasteiger partial charge in [0.1, 0.15) is 5.65 Å². The van der Waals surface area contributed by atoms with E-state index in [-0.39, 0.29) is 12.2 Å². The normalized spacial score (nSPS) is 20.6. The summed E-state index contributed by atoms with van der Waals surface area (Å²) in [5, 5.41) is 11.9. The van der Waals surface area contributed by atoms with Gasteiger partial charge in [-0.3, -0.25) is 4.98 Å². The highest BCUT2D eigenvalue weighted by molar-refractivity contribution is 5.93. The fraction of sp³-hybridized carbons (Fsp3) is 0.480. The van der Waals surface area contributed by atoms with E-state index >= 15 is 0 Å². The van der Waals surface area contributed by atoms with E-state index in [4.69, 9.17) is 14.2 Å². The van der Waals surface area contributed by atoms with Crippen LogP contribution in [-0.4, -0.2) is 89.8 Å². The molecule has 0 saturated carbocycles. The van der Waals surface area contributed by atoms with Gasteiger partial charge in [0.2, 0.25) is 0 Å². The van der Waals surface area contributed by atoms with Crippen LogP contribution in [0.2, 0.25) is 0 Å². The Kier molecular flexibility index (Phi) is 5.79. The Morgan fingerprint density at radius 1 is 1.09 bits per heavy atom. The number of H-pyrrole nitrogens is 1. The summed E-state index contributed by atoms with van der Waals surface area (Å²) in [7, 11) is 0. The Bertz CT molecular complexity index is 1190. The molecule has 10 heteroatoms. The number of pyridine rings is 2. The first kappa shape index (κ1) is 22.3. The summed E-state index contributed by atoms with van der Waals surface area (Å²) in [6.07, 6.45) is 4.34. The Morgan fingerprint density at radius 3 is 2.57 bits per heavy atom. The van der Waals surface area contributed by atoms with Crippen LogP contribution >= 0.6 is 0 Å². The molecule has 184 valence electrons. The fourth-order valence-corrected chi connectivity index (χ4v) is 4.88. The maximum Gasteiger partial charge on any atom is 0.410 e.